The molecule has 1 aliphatic heterocycles. The summed E-state index contributed by atoms with van der Waals surface area (Å²) in [6.07, 6.45) is 2.85. The van der Waals surface area contributed by atoms with Crippen LogP contribution >= 0.6 is 11.6 Å². The molecule has 1 amide bonds. The van der Waals surface area contributed by atoms with Crippen molar-refractivity contribution in [1.82, 2.24) is 20.4 Å². The maximum Gasteiger partial charge on any atom is 0.255 e. The zero-order chi connectivity index (χ0) is 16.4. The van der Waals surface area contributed by atoms with Gasteiger partial charge in [-0.3, -0.25) is 4.79 Å². The van der Waals surface area contributed by atoms with E-state index >= 15 is 0 Å². The SMILES string of the molecule is Cc1nn(-c2ccc(Cl)cc2)cc1C(=O)NC1CNCCC1C. The van der Waals surface area contributed by atoms with E-state index in [0.29, 0.717) is 22.2 Å². The fourth-order valence-corrected chi connectivity index (χ4v) is 2.96. The summed E-state index contributed by atoms with van der Waals surface area (Å²) >= 11 is 5.91. The number of aromatic nitrogens is 2. The minimum atomic E-state index is -0.0664. The zero-order valence-electron chi connectivity index (χ0n) is 13.3. The molecule has 1 aromatic heterocycles. The van der Waals surface area contributed by atoms with Crippen LogP contribution in [-0.2, 0) is 0 Å². The first kappa shape index (κ1) is 16.0. The van der Waals surface area contributed by atoms with Crippen LogP contribution in [0.2, 0.25) is 5.02 Å². The molecule has 1 aromatic carbocycles. The monoisotopic (exact) mass is 332 g/mol. The summed E-state index contributed by atoms with van der Waals surface area (Å²) in [6.45, 7) is 5.86. The van der Waals surface area contributed by atoms with Crippen LogP contribution in [-0.4, -0.2) is 34.8 Å². The van der Waals surface area contributed by atoms with Gasteiger partial charge in [0.05, 0.1) is 16.9 Å². The summed E-state index contributed by atoms with van der Waals surface area (Å²) in [5.74, 6) is 0.412. The molecule has 0 radical (unpaired) electrons. The maximum atomic E-state index is 12.6. The van der Waals surface area contributed by atoms with Gasteiger partial charge in [0.15, 0.2) is 0 Å². The van der Waals surface area contributed by atoms with Gasteiger partial charge in [-0.1, -0.05) is 18.5 Å². The highest BCUT2D eigenvalue weighted by Crippen LogP contribution is 2.16. The van der Waals surface area contributed by atoms with Gasteiger partial charge in [0.25, 0.3) is 5.91 Å². The Hall–Kier alpha value is -1.85. The Labute approximate surface area is 141 Å². The fraction of sp³-hybridized carbons (Fsp3) is 0.412. The van der Waals surface area contributed by atoms with E-state index < -0.39 is 0 Å². The summed E-state index contributed by atoms with van der Waals surface area (Å²) in [5, 5.41) is 11.6. The summed E-state index contributed by atoms with van der Waals surface area (Å²) in [4.78, 5) is 12.6. The van der Waals surface area contributed by atoms with Crippen molar-refractivity contribution >= 4 is 17.5 Å². The lowest BCUT2D eigenvalue weighted by Crippen LogP contribution is -2.50. The number of benzene rings is 1. The molecule has 1 aliphatic rings. The van der Waals surface area contributed by atoms with E-state index in [-0.39, 0.29) is 11.9 Å². The Morgan fingerprint density at radius 2 is 2.13 bits per heavy atom. The number of piperidine rings is 1. The highest BCUT2D eigenvalue weighted by molar-refractivity contribution is 6.30. The molecule has 2 aromatic rings. The lowest BCUT2D eigenvalue weighted by Gasteiger charge is -2.30. The molecular formula is C17H21ClN4O. The molecule has 0 saturated carbocycles. The summed E-state index contributed by atoms with van der Waals surface area (Å²) in [7, 11) is 0. The quantitative estimate of drug-likeness (QED) is 0.908. The number of hydrogen-bond acceptors (Lipinski definition) is 3. The largest absolute Gasteiger partial charge is 0.348 e. The van der Waals surface area contributed by atoms with Crippen LogP contribution in [0.4, 0.5) is 0 Å². The third kappa shape index (κ3) is 3.57. The predicted octanol–water partition coefficient (Wildman–Crippen LogP) is 2.56. The van der Waals surface area contributed by atoms with Crippen molar-refractivity contribution in [2.75, 3.05) is 13.1 Å². The second-order valence-corrected chi connectivity index (χ2v) is 6.54. The van der Waals surface area contributed by atoms with Crippen molar-refractivity contribution in [2.45, 2.75) is 26.3 Å². The predicted molar refractivity (Wildman–Crippen MR) is 91.2 cm³/mol. The van der Waals surface area contributed by atoms with Gasteiger partial charge < -0.3 is 10.6 Å². The van der Waals surface area contributed by atoms with E-state index in [1.165, 1.54) is 0 Å². The van der Waals surface area contributed by atoms with Gasteiger partial charge in [-0.25, -0.2) is 4.68 Å². The van der Waals surface area contributed by atoms with Crippen LogP contribution < -0.4 is 10.6 Å². The molecular weight excluding hydrogens is 312 g/mol. The molecule has 1 saturated heterocycles. The Morgan fingerprint density at radius 1 is 1.39 bits per heavy atom. The molecule has 0 aliphatic carbocycles. The molecule has 1 fully saturated rings. The van der Waals surface area contributed by atoms with Gasteiger partial charge in [0.1, 0.15) is 0 Å². The lowest BCUT2D eigenvalue weighted by molar-refractivity contribution is 0.0914. The molecule has 122 valence electrons. The molecule has 0 spiro atoms. The molecule has 2 heterocycles. The second kappa shape index (κ2) is 6.72. The van der Waals surface area contributed by atoms with E-state index in [1.807, 2.05) is 31.2 Å². The maximum absolute atomic E-state index is 12.6. The van der Waals surface area contributed by atoms with Gasteiger partial charge in [-0.2, -0.15) is 5.10 Å². The van der Waals surface area contributed by atoms with Crippen LogP contribution in [0.3, 0.4) is 0 Å². The normalized spacial score (nSPS) is 21.2. The standard InChI is InChI=1S/C17H21ClN4O/c1-11-7-8-19-9-16(11)20-17(23)15-10-22(21-12(15)2)14-5-3-13(18)4-6-14/h3-6,10-11,16,19H,7-9H2,1-2H3,(H,20,23). The third-order valence-electron chi connectivity index (χ3n) is 4.38. The molecule has 23 heavy (non-hydrogen) atoms. The first-order valence-electron chi connectivity index (χ1n) is 7.88. The van der Waals surface area contributed by atoms with Gasteiger partial charge in [0, 0.05) is 23.8 Å². The number of rotatable bonds is 3. The number of carbonyl (C=O) groups is 1. The topological polar surface area (TPSA) is 59.0 Å². The number of carbonyl (C=O) groups excluding carboxylic acids is 1. The molecule has 2 atom stereocenters. The zero-order valence-corrected chi connectivity index (χ0v) is 14.1. The number of aryl methyl sites for hydroxylation is 1. The van der Waals surface area contributed by atoms with Crippen molar-refractivity contribution in [3.8, 4) is 5.69 Å². The van der Waals surface area contributed by atoms with E-state index in [1.54, 1.807) is 10.9 Å². The van der Waals surface area contributed by atoms with E-state index in [4.69, 9.17) is 11.6 Å². The Balaban J connectivity index is 1.77. The number of nitrogens with one attached hydrogen (secondary N) is 2. The molecule has 6 heteroatoms. The van der Waals surface area contributed by atoms with Gasteiger partial charge >= 0.3 is 0 Å². The fourth-order valence-electron chi connectivity index (χ4n) is 2.84. The van der Waals surface area contributed by atoms with Crippen LogP contribution in [0.25, 0.3) is 5.69 Å². The molecule has 2 N–H and O–H groups in total. The smallest absolute Gasteiger partial charge is 0.255 e. The number of nitrogens with zero attached hydrogens (tertiary/aromatic N) is 2. The van der Waals surface area contributed by atoms with Gasteiger partial charge in [-0.05, 0) is 50.1 Å². The van der Waals surface area contributed by atoms with Crippen LogP contribution in [0.15, 0.2) is 30.5 Å². The van der Waals surface area contributed by atoms with Crippen molar-refractivity contribution in [2.24, 2.45) is 5.92 Å². The van der Waals surface area contributed by atoms with Crippen LogP contribution in [0, 0.1) is 12.8 Å². The summed E-state index contributed by atoms with van der Waals surface area (Å²) in [5.41, 5.74) is 2.20. The lowest BCUT2D eigenvalue weighted by atomic mass is 9.94. The summed E-state index contributed by atoms with van der Waals surface area (Å²) < 4.78 is 1.71. The molecule has 0 bridgehead atoms. The van der Waals surface area contributed by atoms with Gasteiger partial charge in [-0.15, -0.1) is 0 Å². The third-order valence-corrected chi connectivity index (χ3v) is 4.63. The molecule has 3 rings (SSSR count). The second-order valence-electron chi connectivity index (χ2n) is 6.10. The van der Waals surface area contributed by atoms with E-state index in [9.17, 15) is 4.79 Å². The first-order chi connectivity index (χ1) is 11.0. The van der Waals surface area contributed by atoms with Crippen LogP contribution in [0.5, 0.6) is 0 Å². The van der Waals surface area contributed by atoms with Crippen molar-refractivity contribution in [3.63, 3.8) is 0 Å². The van der Waals surface area contributed by atoms with Crippen LogP contribution in [0.1, 0.15) is 29.4 Å². The first-order valence-corrected chi connectivity index (χ1v) is 8.26. The van der Waals surface area contributed by atoms with Crippen molar-refractivity contribution in [3.05, 3.63) is 46.7 Å². The number of amides is 1. The highest BCUT2D eigenvalue weighted by Gasteiger charge is 2.24. The van der Waals surface area contributed by atoms with Gasteiger partial charge in [0.2, 0.25) is 0 Å². The highest BCUT2D eigenvalue weighted by atomic mass is 35.5. The summed E-state index contributed by atoms with van der Waals surface area (Å²) in [6, 6.07) is 7.54. The number of hydrogen-bond donors (Lipinski definition) is 2. The van der Waals surface area contributed by atoms with Crippen molar-refractivity contribution in [1.29, 1.82) is 0 Å². The Kier molecular flexibility index (Phi) is 4.68. The van der Waals surface area contributed by atoms with Crippen molar-refractivity contribution < 1.29 is 4.79 Å². The minimum Gasteiger partial charge on any atom is -0.348 e. The average Bonchev–Trinajstić information content (AvgIpc) is 2.92. The van der Waals surface area contributed by atoms with E-state index in [2.05, 4.69) is 22.7 Å². The Morgan fingerprint density at radius 3 is 2.83 bits per heavy atom. The molecule has 2 unspecified atom stereocenters. The minimum absolute atomic E-state index is 0.0664. The molecule has 5 nitrogen and oxygen atoms in total. The van der Waals surface area contributed by atoms with E-state index in [0.717, 1.165) is 25.2 Å². The Bertz CT molecular complexity index is 695. The number of halogens is 1. The average molecular weight is 333 g/mol.